The van der Waals surface area contributed by atoms with E-state index in [4.69, 9.17) is 30.4 Å². The topological polar surface area (TPSA) is 177 Å². The third-order valence-corrected chi connectivity index (χ3v) is 10.8. The molecule has 0 saturated heterocycles. The van der Waals surface area contributed by atoms with Crippen LogP contribution in [-0.2, 0) is 45.4 Å². The average molecular weight is 763 g/mol. The third kappa shape index (κ3) is 8.25. The third-order valence-electron chi connectivity index (χ3n) is 7.93. The Hall–Kier alpha value is -4.35. The molecule has 272 valence electrons. The van der Waals surface area contributed by atoms with Crippen molar-refractivity contribution in [3.63, 3.8) is 0 Å². The predicted molar refractivity (Wildman–Crippen MR) is 184 cm³/mol. The van der Waals surface area contributed by atoms with E-state index >= 15 is 0 Å². The number of ether oxygens (including phenoxy) is 1. The lowest BCUT2D eigenvalue weighted by Gasteiger charge is -2.43. The van der Waals surface area contributed by atoms with Crippen molar-refractivity contribution < 1.29 is 43.9 Å². The Balaban J connectivity index is 1.72. The molecule has 0 fully saturated rings. The van der Waals surface area contributed by atoms with Crippen LogP contribution in [0, 0.1) is 19.7 Å². The van der Waals surface area contributed by atoms with Crippen molar-refractivity contribution in [3.8, 4) is 11.3 Å². The predicted octanol–water partition coefficient (Wildman–Crippen LogP) is 5.32. The summed E-state index contributed by atoms with van der Waals surface area (Å²) in [6.45, 7) is 5.94. The van der Waals surface area contributed by atoms with Crippen LogP contribution in [0.4, 0.5) is 9.18 Å². The highest BCUT2D eigenvalue weighted by Crippen LogP contribution is 2.37. The number of aryl methyl sites for hydroxylation is 2. The smallest absolute Gasteiger partial charge is 0.410 e. The number of hydrogen-bond donors (Lipinski definition) is 1. The Labute approximate surface area is 300 Å². The number of hydrogen-bond acceptors (Lipinski definition) is 10. The molecule has 0 unspecified atom stereocenters. The second kappa shape index (κ2) is 14.0. The Bertz CT molecular complexity index is 2120. The molecule has 0 saturated carbocycles. The summed E-state index contributed by atoms with van der Waals surface area (Å²) in [6.07, 6.45) is -0.885. The van der Waals surface area contributed by atoms with Crippen LogP contribution >= 0.6 is 11.6 Å². The van der Waals surface area contributed by atoms with Crippen molar-refractivity contribution in [3.05, 3.63) is 100.0 Å². The summed E-state index contributed by atoms with van der Waals surface area (Å²) in [5, 5.41) is 4.32. The molecule has 0 atom stereocenters. The van der Waals surface area contributed by atoms with Gasteiger partial charge in [-0.05, 0) is 77.1 Å². The number of benzene rings is 3. The van der Waals surface area contributed by atoms with Crippen LogP contribution in [0.1, 0.15) is 48.0 Å². The Morgan fingerprint density at radius 1 is 0.902 bits per heavy atom. The van der Waals surface area contributed by atoms with Crippen LogP contribution < -0.4 is 5.73 Å². The zero-order valence-corrected chi connectivity index (χ0v) is 30.7. The van der Waals surface area contributed by atoms with Gasteiger partial charge in [-0.2, -0.15) is 21.9 Å². The molecule has 0 aliphatic carbocycles. The van der Waals surface area contributed by atoms with E-state index < -0.39 is 69.0 Å². The SMILES string of the molecule is Cc1ccc(S(=O)(=O)OCC2(COS(=O)(=O)c3ccc(C)cc3)CN(C(=O)OC(C)(C)C)Cc3c(C(N)=O)c(-c4ccc(F)c(Cl)c4)nn32)cc1. The number of carbonyl (C=O) groups excluding carboxylic acids is 2. The van der Waals surface area contributed by atoms with Gasteiger partial charge in [-0.3, -0.25) is 22.7 Å². The van der Waals surface area contributed by atoms with Gasteiger partial charge in [0.05, 0.1) is 52.4 Å². The van der Waals surface area contributed by atoms with Crippen LogP contribution in [0.25, 0.3) is 11.3 Å². The van der Waals surface area contributed by atoms with Crippen molar-refractivity contribution in [1.82, 2.24) is 14.7 Å². The number of fused-ring (bicyclic) bond motifs is 1. The lowest BCUT2D eigenvalue weighted by molar-refractivity contribution is -0.0139. The number of amides is 2. The molecule has 13 nitrogen and oxygen atoms in total. The highest BCUT2D eigenvalue weighted by atomic mass is 35.5. The second-order valence-electron chi connectivity index (χ2n) is 13.2. The van der Waals surface area contributed by atoms with E-state index in [9.17, 15) is 30.8 Å². The van der Waals surface area contributed by atoms with Crippen molar-refractivity contribution in [2.75, 3.05) is 19.8 Å². The number of nitrogens with zero attached hydrogens (tertiary/aromatic N) is 3. The fourth-order valence-electron chi connectivity index (χ4n) is 5.39. The van der Waals surface area contributed by atoms with Crippen LogP contribution in [0.2, 0.25) is 5.02 Å². The maximum Gasteiger partial charge on any atom is 0.410 e. The van der Waals surface area contributed by atoms with Crippen molar-refractivity contribution in [2.24, 2.45) is 5.73 Å². The zero-order valence-electron chi connectivity index (χ0n) is 28.3. The number of nitrogens with two attached hydrogens (primary N) is 1. The summed E-state index contributed by atoms with van der Waals surface area (Å²) in [6, 6.07) is 15.2. The molecular formula is C34H36ClFN4O9S2. The molecule has 0 radical (unpaired) electrons. The molecule has 1 aliphatic rings. The highest BCUT2D eigenvalue weighted by molar-refractivity contribution is 7.87. The van der Waals surface area contributed by atoms with E-state index in [-0.39, 0.29) is 43.9 Å². The second-order valence-corrected chi connectivity index (χ2v) is 16.8. The largest absolute Gasteiger partial charge is 0.444 e. The Kier molecular flexibility index (Phi) is 10.4. The fourth-order valence-corrected chi connectivity index (χ4v) is 7.53. The summed E-state index contributed by atoms with van der Waals surface area (Å²) in [4.78, 5) is 27.5. The molecule has 51 heavy (non-hydrogen) atoms. The van der Waals surface area contributed by atoms with Crippen molar-refractivity contribution in [2.45, 2.75) is 62.1 Å². The molecular weight excluding hydrogens is 727 g/mol. The zero-order chi connectivity index (χ0) is 37.5. The minimum absolute atomic E-state index is 0.0253. The summed E-state index contributed by atoms with van der Waals surface area (Å²) in [5.74, 6) is -1.76. The molecule has 2 heterocycles. The maximum absolute atomic E-state index is 14.2. The van der Waals surface area contributed by atoms with Gasteiger partial charge in [-0.15, -0.1) is 0 Å². The van der Waals surface area contributed by atoms with E-state index in [1.54, 1.807) is 58.9 Å². The van der Waals surface area contributed by atoms with Crippen molar-refractivity contribution in [1.29, 1.82) is 0 Å². The summed E-state index contributed by atoms with van der Waals surface area (Å²) in [5.41, 5.74) is 4.29. The maximum atomic E-state index is 14.2. The first kappa shape index (κ1) is 37.9. The molecule has 0 bridgehead atoms. The van der Waals surface area contributed by atoms with Crippen molar-refractivity contribution >= 4 is 43.8 Å². The van der Waals surface area contributed by atoms with E-state index in [0.717, 1.165) is 22.1 Å². The van der Waals surface area contributed by atoms with Gasteiger partial charge in [0.25, 0.3) is 26.1 Å². The van der Waals surface area contributed by atoms with Crippen LogP contribution in [-0.4, -0.2) is 68.9 Å². The van der Waals surface area contributed by atoms with Gasteiger partial charge in [0.1, 0.15) is 22.7 Å². The number of aromatic nitrogens is 2. The van der Waals surface area contributed by atoms with Gasteiger partial charge in [-0.1, -0.05) is 47.0 Å². The molecule has 4 aromatic rings. The van der Waals surface area contributed by atoms with Crippen LogP contribution in [0.15, 0.2) is 76.5 Å². The Morgan fingerprint density at radius 3 is 1.86 bits per heavy atom. The van der Waals surface area contributed by atoms with Gasteiger partial charge in [0.15, 0.2) is 0 Å². The molecule has 3 aromatic carbocycles. The Morgan fingerprint density at radius 2 is 1.41 bits per heavy atom. The van der Waals surface area contributed by atoms with Gasteiger partial charge in [-0.25, -0.2) is 9.18 Å². The number of rotatable bonds is 10. The molecule has 1 aromatic heterocycles. The lowest BCUT2D eigenvalue weighted by Crippen LogP contribution is -2.58. The normalized spacial score (nSPS) is 14.6. The van der Waals surface area contributed by atoms with Crippen LogP contribution in [0.3, 0.4) is 0 Å². The first-order valence-electron chi connectivity index (χ1n) is 15.5. The van der Waals surface area contributed by atoms with E-state index in [1.165, 1.54) is 41.1 Å². The van der Waals surface area contributed by atoms with Crippen LogP contribution in [0.5, 0.6) is 0 Å². The fraction of sp³-hybridized carbons (Fsp3) is 0.324. The summed E-state index contributed by atoms with van der Waals surface area (Å²) >= 11 is 6.07. The van der Waals surface area contributed by atoms with E-state index in [1.807, 2.05) is 0 Å². The van der Waals surface area contributed by atoms with Gasteiger partial charge in [0, 0.05) is 5.56 Å². The molecule has 0 spiro atoms. The molecule has 17 heteroatoms. The lowest BCUT2D eigenvalue weighted by atomic mass is 9.96. The molecule has 2 amide bonds. The quantitative estimate of drug-likeness (QED) is 0.208. The summed E-state index contributed by atoms with van der Waals surface area (Å²) < 4.78 is 86.3. The number of primary amides is 1. The molecule has 2 N–H and O–H groups in total. The van der Waals surface area contributed by atoms with Gasteiger partial charge in [0.2, 0.25) is 0 Å². The standard InChI is InChI=1S/C34H36ClFN4O9S2/c1-21-6-11-24(12-7-21)50(43,44)47-19-34(20-48-51(45,46)25-13-8-22(2)9-14-25)18-39(32(42)49-33(3,4)5)17-28-29(31(37)41)30(38-40(28)34)23-10-15-27(36)26(35)16-23/h6-16H,17-20H2,1-5H3,(H2,37,41). The molecule has 5 rings (SSSR count). The van der Waals surface area contributed by atoms with E-state index in [0.29, 0.717) is 0 Å². The first-order chi connectivity index (χ1) is 23.7. The monoisotopic (exact) mass is 762 g/mol. The highest BCUT2D eigenvalue weighted by Gasteiger charge is 2.48. The van der Waals surface area contributed by atoms with Gasteiger partial charge >= 0.3 is 6.09 Å². The minimum atomic E-state index is -4.51. The molecule has 1 aliphatic heterocycles. The minimum Gasteiger partial charge on any atom is -0.444 e. The van der Waals surface area contributed by atoms with Gasteiger partial charge < -0.3 is 10.5 Å². The first-order valence-corrected chi connectivity index (χ1v) is 18.7. The average Bonchev–Trinajstić information content (AvgIpc) is 3.44. The van der Waals surface area contributed by atoms with E-state index in [2.05, 4.69) is 5.10 Å². The number of carbonyl (C=O) groups is 2. The summed E-state index contributed by atoms with van der Waals surface area (Å²) in [7, 11) is -9.02. The number of halogens is 2.